The van der Waals surface area contributed by atoms with Crippen molar-refractivity contribution in [3.05, 3.63) is 70.4 Å². The van der Waals surface area contributed by atoms with Gasteiger partial charge in [0.2, 0.25) is 5.13 Å². The third kappa shape index (κ3) is 3.72. The molecule has 1 aromatic heterocycles. The number of hydrogen-bond donors (Lipinski definition) is 0. The molecule has 28 heavy (non-hydrogen) atoms. The zero-order chi connectivity index (χ0) is 19.5. The lowest BCUT2D eigenvalue weighted by Crippen LogP contribution is -2.23. The van der Waals surface area contributed by atoms with Crippen LogP contribution in [0.5, 0.6) is 5.75 Å². The number of hydrogen-bond acceptors (Lipinski definition) is 6. The van der Waals surface area contributed by atoms with Gasteiger partial charge in [-0.1, -0.05) is 48.5 Å². The van der Waals surface area contributed by atoms with Gasteiger partial charge in [-0.2, -0.15) is 4.99 Å². The number of amidine groups is 1. The first-order chi connectivity index (χ1) is 13.7. The maximum absolute atomic E-state index is 12.6. The molecule has 2 heterocycles. The zero-order valence-electron chi connectivity index (χ0n) is 15.3. The minimum absolute atomic E-state index is 0.0884. The van der Waals surface area contributed by atoms with Gasteiger partial charge in [-0.25, -0.2) is 4.98 Å². The number of methoxy groups -OCH3 is 1. The summed E-state index contributed by atoms with van der Waals surface area (Å²) in [6.07, 6.45) is 1.84. The van der Waals surface area contributed by atoms with E-state index in [0.29, 0.717) is 15.2 Å². The van der Waals surface area contributed by atoms with E-state index in [-0.39, 0.29) is 5.91 Å². The van der Waals surface area contributed by atoms with E-state index in [1.165, 1.54) is 23.1 Å². The fraction of sp³-hybridized carbons (Fsp3) is 0.0952. The van der Waals surface area contributed by atoms with Gasteiger partial charge in [0.15, 0.2) is 5.17 Å². The Kier molecular flexibility index (Phi) is 5.27. The highest BCUT2D eigenvalue weighted by molar-refractivity contribution is 8.18. The Labute approximate surface area is 171 Å². The van der Waals surface area contributed by atoms with Gasteiger partial charge in [0.05, 0.1) is 17.7 Å². The van der Waals surface area contributed by atoms with Crippen molar-refractivity contribution in [2.75, 3.05) is 14.2 Å². The second-order valence-corrected chi connectivity index (χ2v) is 7.84. The van der Waals surface area contributed by atoms with E-state index in [0.717, 1.165) is 22.6 Å². The van der Waals surface area contributed by atoms with Crippen LogP contribution in [-0.4, -0.2) is 35.1 Å². The molecule has 1 aliphatic heterocycles. The minimum Gasteiger partial charge on any atom is -0.496 e. The summed E-state index contributed by atoms with van der Waals surface area (Å²) in [7, 11) is 3.34. The topological polar surface area (TPSA) is 54.8 Å². The van der Waals surface area contributed by atoms with Crippen LogP contribution in [0.2, 0.25) is 0 Å². The summed E-state index contributed by atoms with van der Waals surface area (Å²) in [5.41, 5.74) is 2.79. The first kappa shape index (κ1) is 18.5. The average Bonchev–Trinajstić information content (AvgIpc) is 3.30. The van der Waals surface area contributed by atoms with Gasteiger partial charge in [0.25, 0.3) is 5.91 Å². The number of carbonyl (C=O) groups excluding carboxylic acids is 1. The van der Waals surface area contributed by atoms with Gasteiger partial charge in [-0.3, -0.25) is 9.69 Å². The van der Waals surface area contributed by atoms with E-state index in [1.54, 1.807) is 19.1 Å². The second-order valence-electron chi connectivity index (χ2n) is 5.99. The van der Waals surface area contributed by atoms with E-state index >= 15 is 0 Å². The Hall–Kier alpha value is -2.90. The monoisotopic (exact) mass is 407 g/mol. The Balaban J connectivity index is 1.61. The molecule has 0 saturated carbocycles. The van der Waals surface area contributed by atoms with Gasteiger partial charge in [-0.15, -0.1) is 11.3 Å². The average molecular weight is 408 g/mol. The lowest BCUT2D eigenvalue weighted by Gasteiger charge is -2.06. The van der Waals surface area contributed by atoms with Crippen LogP contribution in [0.1, 0.15) is 5.56 Å². The maximum Gasteiger partial charge on any atom is 0.266 e. The van der Waals surface area contributed by atoms with Crippen LogP contribution in [0, 0.1) is 0 Å². The highest BCUT2D eigenvalue weighted by Gasteiger charge is 2.31. The van der Waals surface area contributed by atoms with Gasteiger partial charge < -0.3 is 4.74 Å². The fourth-order valence-electron chi connectivity index (χ4n) is 2.72. The van der Waals surface area contributed by atoms with Crippen LogP contribution < -0.4 is 4.74 Å². The summed E-state index contributed by atoms with van der Waals surface area (Å²) in [5, 5.41) is 3.21. The molecular weight excluding hydrogens is 390 g/mol. The van der Waals surface area contributed by atoms with Crippen molar-refractivity contribution in [2.24, 2.45) is 4.99 Å². The number of para-hydroxylation sites is 1. The third-order valence-electron chi connectivity index (χ3n) is 4.18. The van der Waals surface area contributed by atoms with Crippen molar-refractivity contribution in [2.45, 2.75) is 0 Å². The van der Waals surface area contributed by atoms with Crippen molar-refractivity contribution in [3.8, 4) is 17.0 Å². The Morgan fingerprint density at radius 1 is 1.11 bits per heavy atom. The van der Waals surface area contributed by atoms with Crippen molar-refractivity contribution in [1.82, 2.24) is 9.88 Å². The number of benzene rings is 2. The predicted octanol–water partition coefficient (Wildman–Crippen LogP) is 5.05. The van der Waals surface area contributed by atoms with Crippen molar-refractivity contribution >= 4 is 45.4 Å². The number of thiazole rings is 1. The van der Waals surface area contributed by atoms with Gasteiger partial charge in [0, 0.05) is 23.6 Å². The molecule has 0 N–H and O–H groups in total. The number of aromatic nitrogens is 1. The third-order valence-corrected chi connectivity index (χ3v) is 5.98. The molecule has 140 valence electrons. The summed E-state index contributed by atoms with van der Waals surface area (Å²) in [6.45, 7) is 0. The number of thioether (sulfide) groups is 1. The molecule has 0 radical (unpaired) electrons. The largest absolute Gasteiger partial charge is 0.496 e. The van der Waals surface area contributed by atoms with Crippen molar-refractivity contribution in [1.29, 1.82) is 0 Å². The molecule has 0 unspecified atom stereocenters. The number of rotatable bonds is 4. The molecule has 3 aromatic rings. The van der Waals surface area contributed by atoms with Crippen LogP contribution in [-0.2, 0) is 4.79 Å². The van der Waals surface area contributed by atoms with Crippen LogP contribution in [0.15, 0.2) is 69.9 Å². The van der Waals surface area contributed by atoms with Crippen molar-refractivity contribution in [3.63, 3.8) is 0 Å². The highest BCUT2D eigenvalue weighted by atomic mass is 32.2. The molecule has 0 spiro atoms. The molecule has 0 atom stereocenters. The lowest BCUT2D eigenvalue weighted by atomic mass is 10.2. The predicted molar refractivity (Wildman–Crippen MR) is 116 cm³/mol. The van der Waals surface area contributed by atoms with Gasteiger partial charge in [0.1, 0.15) is 5.75 Å². The SMILES string of the molecule is COc1ccccc1/C=C1\S/C(=N/c2nc(-c3ccccc3)cs2)N(C)C1=O. The summed E-state index contributed by atoms with van der Waals surface area (Å²) >= 11 is 2.80. The van der Waals surface area contributed by atoms with E-state index in [1.807, 2.05) is 66.1 Å². The fourth-order valence-corrected chi connectivity index (χ4v) is 4.43. The van der Waals surface area contributed by atoms with Gasteiger partial charge in [-0.05, 0) is 23.9 Å². The number of carbonyl (C=O) groups is 1. The van der Waals surface area contributed by atoms with Crippen LogP contribution in [0.4, 0.5) is 5.13 Å². The summed E-state index contributed by atoms with van der Waals surface area (Å²) in [4.78, 5) is 24.0. The molecule has 1 aliphatic rings. The second kappa shape index (κ2) is 8.00. The molecule has 0 bridgehead atoms. The Bertz CT molecular complexity index is 1070. The number of likely N-dealkylation sites (N-methyl/N-ethyl adjacent to an activating group) is 1. The first-order valence-electron chi connectivity index (χ1n) is 8.56. The molecule has 5 nitrogen and oxygen atoms in total. The zero-order valence-corrected chi connectivity index (χ0v) is 17.0. The molecule has 1 amide bonds. The number of aliphatic imine (C=N–C) groups is 1. The molecule has 1 saturated heterocycles. The van der Waals surface area contributed by atoms with Crippen LogP contribution in [0.25, 0.3) is 17.3 Å². The first-order valence-corrected chi connectivity index (χ1v) is 10.3. The lowest BCUT2D eigenvalue weighted by molar-refractivity contribution is -0.121. The number of ether oxygens (including phenoxy) is 1. The van der Waals surface area contributed by atoms with E-state index < -0.39 is 0 Å². The smallest absolute Gasteiger partial charge is 0.266 e. The summed E-state index contributed by atoms with van der Waals surface area (Å²) in [6, 6.07) is 17.6. The molecule has 4 rings (SSSR count). The Morgan fingerprint density at radius 2 is 1.86 bits per heavy atom. The van der Waals surface area contributed by atoms with Crippen LogP contribution in [0.3, 0.4) is 0 Å². The van der Waals surface area contributed by atoms with Crippen LogP contribution >= 0.6 is 23.1 Å². The quantitative estimate of drug-likeness (QED) is 0.568. The van der Waals surface area contributed by atoms with Gasteiger partial charge >= 0.3 is 0 Å². The molecule has 1 fully saturated rings. The minimum atomic E-state index is -0.0884. The van der Waals surface area contributed by atoms with E-state index in [4.69, 9.17) is 4.74 Å². The number of amides is 1. The van der Waals surface area contributed by atoms with Crippen molar-refractivity contribution < 1.29 is 9.53 Å². The highest BCUT2D eigenvalue weighted by Crippen LogP contribution is 2.35. The Morgan fingerprint density at radius 3 is 2.64 bits per heavy atom. The standard InChI is InChI=1S/C21H17N3O2S2/c1-24-19(25)18(12-15-10-6-7-11-17(15)26-2)28-21(24)23-20-22-16(13-27-20)14-8-4-3-5-9-14/h3-13H,1-2H3/b18-12-,23-21+. The molecule has 2 aromatic carbocycles. The maximum atomic E-state index is 12.6. The molecular formula is C21H17N3O2S2. The molecule has 0 aliphatic carbocycles. The molecule has 7 heteroatoms. The summed E-state index contributed by atoms with van der Waals surface area (Å²) in [5.74, 6) is 0.637. The van der Waals surface area contributed by atoms with E-state index in [9.17, 15) is 4.79 Å². The normalized spacial score (nSPS) is 16.9. The number of nitrogens with zero attached hydrogens (tertiary/aromatic N) is 3. The van der Waals surface area contributed by atoms with E-state index in [2.05, 4.69) is 9.98 Å². The summed E-state index contributed by atoms with van der Waals surface area (Å²) < 4.78 is 5.37.